The summed E-state index contributed by atoms with van der Waals surface area (Å²) >= 11 is 0. The van der Waals surface area contributed by atoms with E-state index in [0.717, 1.165) is 0 Å². The van der Waals surface area contributed by atoms with Crippen LogP contribution in [0, 0.1) is 0 Å². The molecule has 0 bridgehead atoms. The van der Waals surface area contributed by atoms with Crippen molar-refractivity contribution in [2.75, 3.05) is 26.3 Å². The van der Waals surface area contributed by atoms with Crippen molar-refractivity contribution in [1.29, 1.82) is 0 Å². The number of carboxylic acid groups (broad SMARTS) is 2. The Morgan fingerprint density at radius 1 is 0.800 bits per heavy atom. The van der Waals surface area contributed by atoms with Crippen molar-refractivity contribution in [2.24, 2.45) is 5.73 Å². The zero-order chi connectivity index (χ0) is 23.3. The predicted molar refractivity (Wildman–Crippen MR) is 96.5 cm³/mol. The predicted octanol–water partition coefficient (Wildman–Crippen LogP) is -5.55. The third kappa shape index (κ3) is 10.9. The van der Waals surface area contributed by atoms with E-state index in [2.05, 4.69) is 16.0 Å². The molecule has 0 spiro atoms. The van der Waals surface area contributed by atoms with E-state index in [0.29, 0.717) is 0 Å². The molecule has 15 nitrogen and oxygen atoms in total. The minimum absolute atomic E-state index is 0.236. The van der Waals surface area contributed by atoms with Crippen LogP contribution in [0.25, 0.3) is 0 Å². The van der Waals surface area contributed by atoms with Gasteiger partial charge in [-0.15, -0.1) is 0 Å². The van der Waals surface area contributed by atoms with Crippen LogP contribution in [0.3, 0.4) is 0 Å². The number of amides is 4. The van der Waals surface area contributed by atoms with Crippen molar-refractivity contribution < 1.29 is 49.2 Å². The number of nitrogens with one attached hydrogen (secondary N) is 4. The molecule has 0 aliphatic carbocycles. The zero-order valence-electron chi connectivity index (χ0n) is 15.8. The van der Waals surface area contributed by atoms with Crippen LogP contribution in [0.15, 0.2) is 0 Å². The molecule has 30 heavy (non-hydrogen) atoms. The van der Waals surface area contributed by atoms with Gasteiger partial charge in [-0.25, -0.2) is 4.79 Å². The Kier molecular flexibility index (Phi) is 12.3. The molecule has 3 atom stereocenters. The Hall–Kier alpha value is -3.30. The Morgan fingerprint density at radius 2 is 1.30 bits per heavy atom. The van der Waals surface area contributed by atoms with Crippen molar-refractivity contribution in [3.05, 3.63) is 0 Å². The van der Waals surface area contributed by atoms with Gasteiger partial charge in [-0.2, -0.15) is 0 Å². The molecule has 170 valence electrons. The highest BCUT2D eigenvalue weighted by Crippen LogP contribution is 1.94. The fourth-order valence-corrected chi connectivity index (χ4v) is 1.94. The molecule has 4 amide bonds. The van der Waals surface area contributed by atoms with E-state index >= 15 is 0 Å². The second kappa shape index (κ2) is 13.8. The largest absolute Gasteiger partial charge is 0.481 e. The summed E-state index contributed by atoms with van der Waals surface area (Å²) in [5.74, 6) is -6.54. The Bertz CT molecular complexity index is 656. The molecule has 0 aromatic rings. The molecule has 0 radical (unpaired) electrons. The van der Waals surface area contributed by atoms with Gasteiger partial charge in [0.1, 0.15) is 18.1 Å². The number of aliphatic hydroxyl groups is 2. The third-order valence-corrected chi connectivity index (χ3v) is 3.46. The van der Waals surface area contributed by atoms with Gasteiger partial charge in [-0.05, 0) is 6.42 Å². The van der Waals surface area contributed by atoms with Crippen LogP contribution in [0.5, 0.6) is 0 Å². The summed E-state index contributed by atoms with van der Waals surface area (Å²) < 4.78 is 0. The molecule has 0 rings (SSSR count). The first-order valence-corrected chi connectivity index (χ1v) is 8.57. The highest BCUT2D eigenvalue weighted by Gasteiger charge is 2.25. The van der Waals surface area contributed by atoms with Crippen LogP contribution in [0.2, 0.25) is 0 Å². The van der Waals surface area contributed by atoms with Gasteiger partial charge < -0.3 is 47.4 Å². The number of nitrogens with two attached hydrogens (primary N) is 1. The first kappa shape index (κ1) is 26.7. The van der Waals surface area contributed by atoms with Crippen LogP contribution >= 0.6 is 0 Å². The third-order valence-electron chi connectivity index (χ3n) is 3.46. The second-order valence-electron chi connectivity index (χ2n) is 5.91. The van der Waals surface area contributed by atoms with Crippen molar-refractivity contribution in [2.45, 2.75) is 31.0 Å². The van der Waals surface area contributed by atoms with Gasteiger partial charge in [0.25, 0.3) is 0 Å². The van der Waals surface area contributed by atoms with Crippen LogP contribution in [-0.2, 0) is 28.8 Å². The van der Waals surface area contributed by atoms with Crippen molar-refractivity contribution >= 4 is 35.6 Å². The van der Waals surface area contributed by atoms with E-state index in [1.54, 1.807) is 0 Å². The monoisotopic (exact) mass is 435 g/mol. The van der Waals surface area contributed by atoms with Gasteiger partial charge in [0.05, 0.1) is 26.1 Å². The average Bonchev–Trinajstić information content (AvgIpc) is 2.68. The lowest BCUT2D eigenvalue weighted by Crippen LogP contribution is -2.53. The van der Waals surface area contributed by atoms with Gasteiger partial charge in [-0.1, -0.05) is 0 Å². The molecule has 0 saturated heterocycles. The molecule has 0 fully saturated rings. The molecule has 15 heteroatoms. The molecule has 0 aliphatic heterocycles. The van der Waals surface area contributed by atoms with Crippen molar-refractivity contribution in [3.63, 3.8) is 0 Å². The first-order valence-electron chi connectivity index (χ1n) is 8.57. The molecule has 10 N–H and O–H groups in total. The SMILES string of the molecule is NC(CO)C(=O)NCC(=O)NC(CCO)C(=O)NCC(=O)NC(CC(=O)O)C(=O)O. The smallest absolute Gasteiger partial charge is 0.326 e. The summed E-state index contributed by atoms with van der Waals surface area (Å²) in [5.41, 5.74) is 5.25. The minimum Gasteiger partial charge on any atom is -0.481 e. The lowest BCUT2D eigenvalue weighted by Gasteiger charge is -2.18. The van der Waals surface area contributed by atoms with Gasteiger partial charge in [0.2, 0.25) is 23.6 Å². The summed E-state index contributed by atoms with van der Waals surface area (Å²) in [7, 11) is 0. The number of carbonyl (C=O) groups excluding carboxylic acids is 4. The van der Waals surface area contributed by atoms with Crippen LogP contribution in [-0.4, -0.2) is 100 Å². The normalized spacial score (nSPS) is 13.3. The highest BCUT2D eigenvalue weighted by molar-refractivity contribution is 5.93. The molecule has 3 unspecified atom stereocenters. The first-order chi connectivity index (χ1) is 14.0. The van der Waals surface area contributed by atoms with Gasteiger partial charge in [0, 0.05) is 6.61 Å². The Balaban J connectivity index is 4.64. The maximum Gasteiger partial charge on any atom is 0.326 e. The van der Waals surface area contributed by atoms with E-state index in [9.17, 15) is 28.8 Å². The van der Waals surface area contributed by atoms with Crippen molar-refractivity contribution in [1.82, 2.24) is 21.3 Å². The summed E-state index contributed by atoms with van der Waals surface area (Å²) in [4.78, 5) is 68.5. The lowest BCUT2D eigenvalue weighted by molar-refractivity contribution is -0.147. The van der Waals surface area contributed by atoms with Crippen LogP contribution in [0.4, 0.5) is 0 Å². The maximum absolute atomic E-state index is 12.1. The molecule has 0 aromatic heterocycles. The average molecular weight is 435 g/mol. The quantitative estimate of drug-likeness (QED) is 0.124. The van der Waals surface area contributed by atoms with E-state index < -0.39 is 86.4 Å². The summed E-state index contributed by atoms with van der Waals surface area (Å²) in [6, 6.07) is -4.22. The lowest BCUT2D eigenvalue weighted by atomic mass is 10.2. The van der Waals surface area contributed by atoms with Gasteiger partial charge in [-0.3, -0.25) is 24.0 Å². The number of hydrogen-bond acceptors (Lipinski definition) is 9. The maximum atomic E-state index is 12.1. The second-order valence-corrected chi connectivity index (χ2v) is 5.91. The molecular formula is C15H25N5O10. The Labute approximate surface area is 170 Å². The van der Waals surface area contributed by atoms with E-state index in [-0.39, 0.29) is 6.42 Å². The summed E-state index contributed by atoms with van der Waals surface area (Å²) in [5, 5.41) is 43.6. The van der Waals surface area contributed by atoms with Crippen molar-refractivity contribution in [3.8, 4) is 0 Å². The number of rotatable bonds is 14. The molecule has 0 aliphatic rings. The van der Waals surface area contributed by atoms with Gasteiger partial charge >= 0.3 is 11.9 Å². The van der Waals surface area contributed by atoms with Crippen LogP contribution in [0.1, 0.15) is 12.8 Å². The van der Waals surface area contributed by atoms with E-state index in [1.807, 2.05) is 5.32 Å². The molecule has 0 aromatic carbocycles. The number of carboxylic acids is 2. The molecule has 0 saturated carbocycles. The fourth-order valence-electron chi connectivity index (χ4n) is 1.94. The topological polar surface area (TPSA) is 257 Å². The Morgan fingerprint density at radius 3 is 1.73 bits per heavy atom. The zero-order valence-corrected chi connectivity index (χ0v) is 15.8. The van der Waals surface area contributed by atoms with E-state index in [4.69, 9.17) is 26.2 Å². The molecular weight excluding hydrogens is 410 g/mol. The van der Waals surface area contributed by atoms with Gasteiger partial charge in [0.15, 0.2) is 0 Å². The number of aliphatic carboxylic acids is 2. The number of hydrogen-bond donors (Lipinski definition) is 9. The molecule has 0 heterocycles. The summed E-state index contributed by atoms with van der Waals surface area (Å²) in [6.07, 6.45) is -1.11. The highest BCUT2D eigenvalue weighted by atomic mass is 16.4. The van der Waals surface area contributed by atoms with E-state index in [1.165, 1.54) is 0 Å². The number of carbonyl (C=O) groups is 6. The standard InChI is InChI=1S/C15H25N5O10/c16-7(6-22)13(27)17-4-10(23)19-8(1-2-21)14(28)18-5-11(24)20-9(15(29)30)3-12(25)26/h7-9,21-22H,1-6,16H2,(H,17,27)(H,18,28)(H,19,23)(H,20,24)(H,25,26)(H,29,30). The fraction of sp³-hybridized carbons (Fsp3) is 0.600. The van der Waals surface area contributed by atoms with Crippen LogP contribution < -0.4 is 27.0 Å². The summed E-state index contributed by atoms with van der Waals surface area (Å²) in [6.45, 7) is -2.44. The number of aliphatic hydroxyl groups excluding tert-OH is 2. The minimum atomic E-state index is -1.70.